The fourth-order valence-electron chi connectivity index (χ4n) is 1.32. The van der Waals surface area contributed by atoms with E-state index >= 15 is 0 Å². The van der Waals surface area contributed by atoms with Crippen molar-refractivity contribution in [1.29, 1.82) is 0 Å². The minimum atomic E-state index is -2.52. The summed E-state index contributed by atoms with van der Waals surface area (Å²) in [6.45, 7) is -0.406. The lowest BCUT2D eigenvalue weighted by Gasteiger charge is -2.16. The van der Waals surface area contributed by atoms with E-state index in [-0.39, 0.29) is 18.9 Å². The quantitative estimate of drug-likeness (QED) is 0.791. The average molecular weight is 258 g/mol. The maximum atomic E-state index is 12.0. The van der Waals surface area contributed by atoms with Gasteiger partial charge >= 0.3 is 0 Å². The van der Waals surface area contributed by atoms with Crippen LogP contribution < -0.4 is 10.5 Å². The molecule has 0 aliphatic carbocycles. The van der Waals surface area contributed by atoms with Gasteiger partial charge in [0.1, 0.15) is 5.75 Å². The number of anilines is 1. The average Bonchev–Trinajstić information content (AvgIpc) is 2.30. The van der Waals surface area contributed by atoms with Crippen molar-refractivity contribution in [3.63, 3.8) is 0 Å². The zero-order valence-electron chi connectivity index (χ0n) is 10.1. The number of nitrogen functional groups attached to an aromatic ring is 1. The zero-order valence-corrected chi connectivity index (χ0v) is 10.1. The molecule has 1 aromatic carbocycles. The van der Waals surface area contributed by atoms with Crippen LogP contribution in [0.1, 0.15) is 6.42 Å². The lowest BCUT2D eigenvalue weighted by atomic mass is 10.3. The topological polar surface area (TPSA) is 55.6 Å². The highest BCUT2D eigenvalue weighted by Gasteiger charge is 2.13. The molecule has 0 heterocycles. The lowest BCUT2D eigenvalue weighted by Crippen LogP contribution is -2.32. The molecule has 1 rings (SSSR count). The third kappa shape index (κ3) is 4.99. The first-order chi connectivity index (χ1) is 8.49. The number of rotatable bonds is 6. The Balaban J connectivity index is 2.29. The maximum Gasteiger partial charge on any atom is 0.255 e. The molecule has 100 valence electrons. The van der Waals surface area contributed by atoms with Crippen LogP contribution in [0.2, 0.25) is 0 Å². The monoisotopic (exact) mass is 258 g/mol. The molecular formula is C12H16F2N2O2. The van der Waals surface area contributed by atoms with Gasteiger partial charge in [0, 0.05) is 12.7 Å². The summed E-state index contributed by atoms with van der Waals surface area (Å²) in [4.78, 5) is 12.4. The number of hydrogen-bond donors (Lipinski definition) is 1. The smallest absolute Gasteiger partial charge is 0.255 e. The molecular weight excluding hydrogens is 242 g/mol. The Kier molecular flexibility index (Phi) is 5.35. The van der Waals surface area contributed by atoms with Gasteiger partial charge in [-0.2, -0.15) is 0 Å². The number of carbonyl (C=O) groups is 1. The van der Waals surface area contributed by atoms with E-state index in [0.717, 1.165) is 4.90 Å². The molecule has 0 saturated heterocycles. The predicted molar refractivity (Wildman–Crippen MR) is 64.6 cm³/mol. The van der Waals surface area contributed by atoms with Crippen molar-refractivity contribution in [3.8, 4) is 5.75 Å². The molecule has 1 aromatic rings. The molecule has 0 fully saturated rings. The van der Waals surface area contributed by atoms with Crippen LogP contribution in [-0.4, -0.2) is 37.4 Å². The van der Waals surface area contributed by atoms with Gasteiger partial charge < -0.3 is 15.4 Å². The van der Waals surface area contributed by atoms with E-state index < -0.39 is 13.0 Å². The Morgan fingerprint density at radius 2 is 2.00 bits per heavy atom. The van der Waals surface area contributed by atoms with Crippen LogP contribution in [0.25, 0.3) is 0 Å². The molecule has 6 heteroatoms. The third-order valence-electron chi connectivity index (χ3n) is 2.30. The second kappa shape index (κ2) is 6.78. The predicted octanol–water partition coefficient (Wildman–Crippen LogP) is 1.76. The summed E-state index contributed by atoms with van der Waals surface area (Å²) >= 11 is 0. The van der Waals surface area contributed by atoms with Gasteiger partial charge in [0.25, 0.3) is 6.43 Å². The SMILES string of the molecule is CN(CC(F)F)C(=O)CCOc1ccc(N)cc1. The van der Waals surface area contributed by atoms with Gasteiger partial charge in [-0.25, -0.2) is 8.78 Å². The van der Waals surface area contributed by atoms with Crippen molar-refractivity contribution in [2.24, 2.45) is 0 Å². The summed E-state index contributed by atoms with van der Waals surface area (Å²) in [6.07, 6.45) is -2.45. The van der Waals surface area contributed by atoms with Crippen molar-refractivity contribution in [2.75, 3.05) is 25.9 Å². The first-order valence-corrected chi connectivity index (χ1v) is 5.49. The normalized spacial score (nSPS) is 10.4. The second-order valence-electron chi connectivity index (χ2n) is 3.83. The first-order valence-electron chi connectivity index (χ1n) is 5.49. The molecule has 0 radical (unpaired) electrons. The summed E-state index contributed by atoms with van der Waals surface area (Å²) in [5.74, 6) is 0.222. The van der Waals surface area contributed by atoms with Crippen molar-refractivity contribution in [3.05, 3.63) is 24.3 Å². The zero-order chi connectivity index (χ0) is 13.5. The minimum absolute atomic E-state index is 0.0631. The summed E-state index contributed by atoms with van der Waals surface area (Å²) in [5.41, 5.74) is 6.12. The molecule has 0 bridgehead atoms. The summed E-state index contributed by atoms with van der Waals surface area (Å²) in [7, 11) is 1.34. The number of alkyl halides is 2. The maximum absolute atomic E-state index is 12.0. The van der Waals surface area contributed by atoms with Crippen molar-refractivity contribution in [1.82, 2.24) is 4.90 Å². The molecule has 0 aromatic heterocycles. The second-order valence-corrected chi connectivity index (χ2v) is 3.83. The minimum Gasteiger partial charge on any atom is -0.493 e. The van der Waals surface area contributed by atoms with Crippen LogP contribution in [0.5, 0.6) is 5.75 Å². The lowest BCUT2D eigenvalue weighted by molar-refractivity contribution is -0.132. The summed E-state index contributed by atoms with van der Waals surface area (Å²) in [5, 5.41) is 0. The molecule has 0 unspecified atom stereocenters. The van der Waals surface area contributed by atoms with Crippen LogP contribution in [0, 0.1) is 0 Å². The highest BCUT2D eigenvalue weighted by atomic mass is 19.3. The number of nitrogens with zero attached hydrogens (tertiary/aromatic N) is 1. The Morgan fingerprint density at radius 3 is 2.56 bits per heavy atom. The largest absolute Gasteiger partial charge is 0.493 e. The first kappa shape index (κ1) is 14.2. The summed E-state index contributed by atoms with van der Waals surface area (Å²) in [6, 6.07) is 6.73. The molecule has 1 amide bonds. The third-order valence-corrected chi connectivity index (χ3v) is 2.30. The summed E-state index contributed by atoms with van der Waals surface area (Å²) < 4.78 is 29.4. The molecule has 0 spiro atoms. The van der Waals surface area contributed by atoms with Gasteiger partial charge in [-0.15, -0.1) is 0 Å². The standard InChI is InChI=1S/C12H16F2N2O2/c1-16(8-11(13)14)12(17)6-7-18-10-4-2-9(15)3-5-10/h2-5,11H,6-8,15H2,1H3. The number of halogens is 2. The number of ether oxygens (including phenoxy) is 1. The molecule has 0 aliphatic rings. The van der Waals surface area contributed by atoms with Crippen LogP contribution in [0.4, 0.5) is 14.5 Å². The van der Waals surface area contributed by atoms with Gasteiger partial charge in [-0.05, 0) is 24.3 Å². The number of nitrogens with two attached hydrogens (primary N) is 1. The van der Waals surface area contributed by atoms with E-state index in [1.165, 1.54) is 7.05 Å². The molecule has 18 heavy (non-hydrogen) atoms. The molecule has 0 aliphatic heterocycles. The van der Waals surface area contributed by atoms with E-state index in [1.54, 1.807) is 24.3 Å². The fraction of sp³-hybridized carbons (Fsp3) is 0.417. The van der Waals surface area contributed by atoms with Gasteiger partial charge in [-0.3, -0.25) is 4.79 Å². The van der Waals surface area contributed by atoms with E-state index in [2.05, 4.69) is 0 Å². The van der Waals surface area contributed by atoms with Crippen LogP contribution in [0.3, 0.4) is 0 Å². The van der Waals surface area contributed by atoms with E-state index in [9.17, 15) is 13.6 Å². The molecule has 4 nitrogen and oxygen atoms in total. The van der Waals surface area contributed by atoms with Crippen LogP contribution in [0.15, 0.2) is 24.3 Å². The van der Waals surface area contributed by atoms with Crippen molar-refractivity contribution >= 4 is 11.6 Å². The fourth-order valence-corrected chi connectivity index (χ4v) is 1.32. The van der Waals surface area contributed by atoms with Crippen LogP contribution in [-0.2, 0) is 4.79 Å². The number of amides is 1. The number of carbonyl (C=O) groups excluding carboxylic acids is 1. The van der Waals surface area contributed by atoms with Gasteiger partial charge in [0.05, 0.1) is 19.6 Å². The highest BCUT2D eigenvalue weighted by Crippen LogP contribution is 2.13. The van der Waals surface area contributed by atoms with E-state index in [1.807, 2.05) is 0 Å². The van der Waals surface area contributed by atoms with Crippen LogP contribution >= 0.6 is 0 Å². The van der Waals surface area contributed by atoms with E-state index in [4.69, 9.17) is 10.5 Å². The Labute approximate surface area is 104 Å². The van der Waals surface area contributed by atoms with Crippen molar-refractivity contribution in [2.45, 2.75) is 12.8 Å². The Hall–Kier alpha value is -1.85. The number of hydrogen-bond acceptors (Lipinski definition) is 3. The molecule has 0 atom stereocenters. The van der Waals surface area contributed by atoms with Gasteiger partial charge in [-0.1, -0.05) is 0 Å². The van der Waals surface area contributed by atoms with Gasteiger partial charge in [0.15, 0.2) is 0 Å². The molecule has 0 saturated carbocycles. The van der Waals surface area contributed by atoms with E-state index in [0.29, 0.717) is 11.4 Å². The highest BCUT2D eigenvalue weighted by molar-refractivity contribution is 5.76. The Bertz CT molecular complexity index is 382. The van der Waals surface area contributed by atoms with Crippen molar-refractivity contribution < 1.29 is 18.3 Å². The molecule has 2 N–H and O–H groups in total. The van der Waals surface area contributed by atoms with Gasteiger partial charge in [0.2, 0.25) is 5.91 Å². The number of benzene rings is 1. The Morgan fingerprint density at radius 1 is 1.39 bits per heavy atom.